The molecule has 0 saturated heterocycles. The number of ether oxygens (including phenoxy) is 2. The van der Waals surface area contributed by atoms with Gasteiger partial charge in [-0.3, -0.25) is 9.59 Å². The zero-order valence-corrected chi connectivity index (χ0v) is 15.2. The van der Waals surface area contributed by atoms with Crippen LogP contribution in [0.15, 0.2) is 11.6 Å². The van der Waals surface area contributed by atoms with Gasteiger partial charge in [-0.15, -0.1) is 0 Å². The molecule has 1 saturated carbocycles. The number of carbonyl (C=O) groups excluding carboxylic acids is 2. The molecular weight excluding hydrogens is 326 g/mol. The van der Waals surface area contributed by atoms with E-state index in [0.29, 0.717) is 5.92 Å². The topological polar surface area (TPSA) is 102 Å². The van der Waals surface area contributed by atoms with Gasteiger partial charge in [0.2, 0.25) is 0 Å². The summed E-state index contributed by atoms with van der Waals surface area (Å²) < 4.78 is 10.1. The lowest BCUT2D eigenvalue weighted by Gasteiger charge is -2.51. The first kappa shape index (κ1) is 19.3. The number of hydrogen-bond acceptors (Lipinski definition) is 5. The first-order chi connectivity index (χ1) is 11.6. The van der Waals surface area contributed by atoms with E-state index in [1.807, 2.05) is 0 Å². The summed E-state index contributed by atoms with van der Waals surface area (Å²) in [6.45, 7) is 7.08. The van der Waals surface area contributed by atoms with Gasteiger partial charge in [0, 0.05) is 24.8 Å². The van der Waals surface area contributed by atoms with Crippen molar-refractivity contribution in [3.8, 4) is 0 Å². The van der Waals surface area contributed by atoms with Crippen LogP contribution in [-0.2, 0) is 19.1 Å². The van der Waals surface area contributed by atoms with Crippen molar-refractivity contribution in [3.05, 3.63) is 11.6 Å². The van der Waals surface area contributed by atoms with E-state index >= 15 is 0 Å². The molecule has 140 valence electrons. The van der Waals surface area contributed by atoms with Crippen molar-refractivity contribution in [1.82, 2.24) is 5.32 Å². The van der Waals surface area contributed by atoms with Gasteiger partial charge in [0.25, 0.3) is 6.29 Å². The second kappa shape index (κ2) is 7.45. The minimum atomic E-state index is -0.962. The van der Waals surface area contributed by atoms with Crippen LogP contribution in [0.25, 0.3) is 0 Å². The number of hydrogen-bond donors (Lipinski definition) is 2. The maximum Gasteiger partial charge on any atom is 0.410 e. The lowest BCUT2D eigenvalue weighted by Crippen LogP contribution is -2.53. The zero-order chi connectivity index (χ0) is 18.8. The van der Waals surface area contributed by atoms with Crippen molar-refractivity contribution in [2.75, 3.05) is 6.54 Å². The van der Waals surface area contributed by atoms with Gasteiger partial charge in [0.1, 0.15) is 0 Å². The summed E-state index contributed by atoms with van der Waals surface area (Å²) in [4.78, 5) is 34.5. The Labute approximate surface area is 147 Å². The minimum absolute atomic E-state index is 0.00970. The highest BCUT2D eigenvalue weighted by atomic mass is 16.7. The second-order valence-electron chi connectivity index (χ2n) is 7.62. The number of rotatable bonds is 7. The van der Waals surface area contributed by atoms with E-state index in [9.17, 15) is 19.5 Å². The third kappa shape index (κ3) is 4.52. The molecule has 2 aliphatic carbocycles. The molecule has 1 amide bonds. The van der Waals surface area contributed by atoms with Crippen LogP contribution < -0.4 is 5.32 Å². The zero-order valence-electron chi connectivity index (χ0n) is 15.2. The number of nitrogens with one attached hydrogen (secondary N) is 1. The summed E-state index contributed by atoms with van der Waals surface area (Å²) in [6, 6.07) is 0. The molecule has 1 fully saturated rings. The van der Waals surface area contributed by atoms with Crippen LogP contribution in [0, 0.1) is 23.2 Å². The molecule has 0 bridgehead atoms. The van der Waals surface area contributed by atoms with E-state index in [1.165, 1.54) is 12.5 Å². The van der Waals surface area contributed by atoms with E-state index in [4.69, 9.17) is 9.47 Å². The fourth-order valence-electron chi connectivity index (χ4n) is 4.02. The Hall–Kier alpha value is -2.05. The summed E-state index contributed by atoms with van der Waals surface area (Å²) in [7, 11) is 0. The van der Waals surface area contributed by atoms with Crippen molar-refractivity contribution < 1.29 is 29.0 Å². The number of amides is 1. The second-order valence-corrected chi connectivity index (χ2v) is 7.62. The fraction of sp³-hybridized carbons (Fsp3) is 0.722. The summed E-state index contributed by atoms with van der Waals surface area (Å²) >= 11 is 0. The molecule has 2 rings (SSSR count). The lowest BCUT2D eigenvalue weighted by molar-refractivity contribution is -0.172. The Morgan fingerprint density at radius 3 is 2.56 bits per heavy atom. The van der Waals surface area contributed by atoms with Crippen molar-refractivity contribution in [1.29, 1.82) is 0 Å². The molecule has 0 aromatic rings. The molecule has 0 aromatic carbocycles. The largest absolute Gasteiger partial charge is 0.481 e. The van der Waals surface area contributed by atoms with Crippen molar-refractivity contribution in [2.24, 2.45) is 23.2 Å². The number of fused-ring (bicyclic) bond motifs is 1. The van der Waals surface area contributed by atoms with Crippen molar-refractivity contribution in [2.45, 2.75) is 53.2 Å². The van der Waals surface area contributed by atoms with Crippen molar-refractivity contribution >= 4 is 18.0 Å². The van der Waals surface area contributed by atoms with Gasteiger partial charge >= 0.3 is 18.0 Å². The van der Waals surface area contributed by atoms with Gasteiger partial charge in [-0.25, -0.2) is 4.79 Å². The molecule has 0 heterocycles. The molecule has 0 radical (unpaired) electrons. The Kier molecular flexibility index (Phi) is 5.75. The maximum atomic E-state index is 12.1. The normalized spacial score (nSPS) is 28.4. The molecule has 7 nitrogen and oxygen atoms in total. The molecule has 0 aliphatic heterocycles. The van der Waals surface area contributed by atoms with Gasteiger partial charge in [0.05, 0.1) is 6.42 Å². The number of alkyl carbamates (subject to hydrolysis) is 1. The Balaban J connectivity index is 1.95. The number of allylic oxidation sites excluding steroid dienone is 2. The molecule has 7 heteroatoms. The van der Waals surface area contributed by atoms with E-state index in [2.05, 4.69) is 18.3 Å². The fourth-order valence-corrected chi connectivity index (χ4v) is 4.02. The Morgan fingerprint density at radius 2 is 2.04 bits per heavy atom. The van der Waals surface area contributed by atoms with Gasteiger partial charge < -0.3 is 19.9 Å². The summed E-state index contributed by atoms with van der Waals surface area (Å²) in [6.07, 6.45) is 2.26. The van der Waals surface area contributed by atoms with Gasteiger partial charge in [0.15, 0.2) is 0 Å². The van der Waals surface area contributed by atoms with E-state index in [-0.39, 0.29) is 24.8 Å². The number of esters is 1. The van der Waals surface area contributed by atoms with Crippen LogP contribution in [0.4, 0.5) is 4.79 Å². The standard InChI is InChI=1S/C18H27NO6/c1-10(2)16(24-12(4)20)25-17(23)19-9-18(8-15(21)22)7-13-5-11(3)6-14(13)18/h6,10,13-14,16H,5,7-9H2,1-4H3,(H,19,23)(H,21,22)/t13-,14+,16-,18+/m1/s1. The average Bonchev–Trinajstić information content (AvgIpc) is 2.78. The minimum Gasteiger partial charge on any atom is -0.481 e. The summed E-state index contributed by atoms with van der Waals surface area (Å²) in [5.74, 6) is -0.926. The van der Waals surface area contributed by atoms with Crippen LogP contribution in [0.1, 0.15) is 47.0 Å². The van der Waals surface area contributed by atoms with Crippen LogP contribution in [0.3, 0.4) is 0 Å². The number of carbonyl (C=O) groups is 3. The molecule has 25 heavy (non-hydrogen) atoms. The molecule has 0 aromatic heterocycles. The Morgan fingerprint density at radius 1 is 1.36 bits per heavy atom. The highest BCUT2D eigenvalue weighted by Gasteiger charge is 2.55. The van der Waals surface area contributed by atoms with Gasteiger partial charge in [-0.05, 0) is 31.6 Å². The molecule has 0 spiro atoms. The highest BCUT2D eigenvalue weighted by Crippen LogP contribution is 2.59. The molecular formula is C18H27NO6. The number of aliphatic carboxylic acids is 1. The third-order valence-electron chi connectivity index (χ3n) is 5.07. The first-order valence-corrected chi connectivity index (χ1v) is 8.64. The maximum absolute atomic E-state index is 12.1. The van der Waals surface area contributed by atoms with E-state index in [0.717, 1.165) is 12.8 Å². The quantitative estimate of drug-likeness (QED) is 0.414. The predicted molar refractivity (Wildman–Crippen MR) is 89.5 cm³/mol. The van der Waals surface area contributed by atoms with E-state index < -0.39 is 29.7 Å². The first-order valence-electron chi connectivity index (χ1n) is 8.64. The Bertz CT molecular complexity index is 584. The SMILES string of the molecule is CC(=O)O[C@H](OC(=O)NC[C@@]1(CC(=O)O)C[C@H]2CC(C)=C[C@@H]21)C(C)C. The highest BCUT2D eigenvalue weighted by molar-refractivity contribution is 5.70. The lowest BCUT2D eigenvalue weighted by atomic mass is 9.53. The van der Waals surface area contributed by atoms with Gasteiger partial charge in [-0.2, -0.15) is 0 Å². The van der Waals surface area contributed by atoms with Crippen molar-refractivity contribution in [3.63, 3.8) is 0 Å². The average molecular weight is 353 g/mol. The smallest absolute Gasteiger partial charge is 0.410 e. The summed E-state index contributed by atoms with van der Waals surface area (Å²) in [5.41, 5.74) is 0.807. The molecule has 4 atom stereocenters. The van der Waals surface area contributed by atoms with Crippen LogP contribution in [-0.4, -0.2) is 36.0 Å². The number of carboxylic acid groups (broad SMARTS) is 1. The van der Waals surface area contributed by atoms with Crippen LogP contribution in [0.2, 0.25) is 0 Å². The number of carboxylic acids is 1. The predicted octanol–water partition coefficient (Wildman–Crippen LogP) is 2.71. The van der Waals surface area contributed by atoms with Crippen LogP contribution in [0.5, 0.6) is 0 Å². The van der Waals surface area contributed by atoms with Gasteiger partial charge in [-0.1, -0.05) is 25.5 Å². The monoisotopic (exact) mass is 353 g/mol. The molecule has 2 aliphatic rings. The van der Waals surface area contributed by atoms with Crippen LogP contribution >= 0.6 is 0 Å². The molecule has 0 unspecified atom stereocenters. The van der Waals surface area contributed by atoms with E-state index in [1.54, 1.807) is 13.8 Å². The third-order valence-corrected chi connectivity index (χ3v) is 5.07. The molecule has 2 N–H and O–H groups in total. The summed E-state index contributed by atoms with van der Waals surface area (Å²) in [5, 5.41) is 11.9.